The van der Waals surface area contributed by atoms with Gasteiger partial charge in [0.05, 0.1) is 35.5 Å². The molecular formula is C25H24N4O2. The highest BCUT2D eigenvalue weighted by molar-refractivity contribution is 6.06. The van der Waals surface area contributed by atoms with Crippen molar-refractivity contribution in [3.63, 3.8) is 0 Å². The van der Waals surface area contributed by atoms with Gasteiger partial charge in [-0.25, -0.2) is 9.67 Å². The van der Waals surface area contributed by atoms with Gasteiger partial charge in [-0.3, -0.25) is 4.79 Å². The van der Waals surface area contributed by atoms with Gasteiger partial charge in [-0.15, -0.1) is 0 Å². The Morgan fingerprint density at radius 3 is 2.61 bits per heavy atom. The number of carbonyl (C=O) groups excluding carboxylic acids is 1. The van der Waals surface area contributed by atoms with Crippen molar-refractivity contribution in [3.8, 4) is 11.3 Å². The molecule has 0 spiro atoms. The largest absolute Gasteiger partial charge is 0.376 e. The molecule has 1 fully saturated rings. The zero-order chi connectivity index (χ0) is 21.0. The number of pyridine rings is 1. The van der Waals surface area contributed by atoms with E-state index in [1.165, 1.54) is 0 Å². The maximum Gasteiger partial charge on any atom is 0.252 e. The summed E-state index contributed by atoms with van der Waals surface area (Å²) < 4.78 is 7.50. The summed E-state index contributed by atoms with van der Waals surface area (Å²) >= 11 is 0. The normalized spacial score (nSPS) is 15.9. The lowest BCUT2D eigenvalue weighted by molar-refractivity contribution is 0.0859. The summed E-state index contributed by atoms with van der Waals surface area (Å²) in [6, 6.07) is 21.9. The summed E-state index contributed by atoms with van der Waals surface area (Å²) in [6.07, 6.45) is 3.86. The van der Waals surface area contributed by atoms with Crippen molar-refractivity contribution in [2.24, 2.45) is 0 Å². The van der Waals surface area contributed by atoms with Crippen LogP contribution >= 0.6 is 0 Å². The zero-order valence-electron chi connectivity index (χ0n) is 17.2. The Morgan fingerprint density at radius 2 is 1.87 bits per heavy atom. The van der Waals surface area contributed by atoms with E-state index in [9.17, 15) is 4.79 Å². The number of amides is 1. The average molecular weight is 412 g/mol. The Morgan fingerprint density at radius 1 is 1.10 bits per heavy atom. The van der Waals surface area contributed by atoms with Gasteiger partial charge < -0.3 is 10.1 Å². The van der Waals surface area contributed by atoms with E-state index in [4.69, 9.17) is 9.72 Å². The van der Waals surface area contributed by atoms with Crippen LogP contribution in [0.3, 0.4) is 0 Å². The van der Waals surface area contributed by atoms with Gasteiger partial charge in [0.2, 0.25) is 0 Å². The molecule has 1 saturated heterocycles. The monoisotopic (exact) mass is 412 g/mol. The molecule has 1 atom stereocenters. The summed E-state index contributed by atoms with van der Waals surface area (Å²) in [6.45, 7) is 1.87. The van der Waals surface area contributed by atoms with Gasteiger partial charge >= 0.3 is 0 Å². The van der Waals surface area contributed by atoms with Crippen LogP contribution in [0.2, 0.25) is 0 Å². The molecule has 156 valence electrons. The molecule has 1 aliphatic heterocycles. The third kappa shape index (κ3) is 4.20. The van der Waals surface area contributed by atoms with E-state index in [0.717, 1.165) is 41.7 Å². The number of aromatic nitrogens is 3. The molecule has 0 unspecified atom stereocenters. The van der Waals surface area contributed by atoms with Crippen LogP contribution in [0.5, 0.6) is 0 Å². The van der Waals surface area contributed by atoms with Gasteiger partial charge in [0, 0.05) is 18.7 Å². The van der Waals surface area contributed by atoms with E-state index in [2.05, 4.69) is 22.5 Å². The first kappa shape index (κ1) is 19.5. The Kier molecular flexibility index (Phi) is 5.46. The predicted octanol–water partition coefficient (Wildman–Crippen LogP) is 4.06. The third-order valence-corrected chi connectivity index (χ3v) is 5.61. The smallest absolute Gasteiger partial charge is 0.252 e. The summed E-state index contributed by atoms with van der Waals surface area (Å²) in [5.74, 6) is -0.126. The summed E-state index contributed by atoms with van der Waals surface area (Å²) in [4.78, 5) is 18.0. The van der Waals surface area contributed by atoms with E-state index >= 15 is 0 Å². The fourth-order valence-electron chi connectivity index (χ4n) is 3.97. The van der Waals surface area contributed by atoms with Crippen LogP contribution < -0.4 is 5.32 Å². The van der Waals surface area contributed by atoms with Crippen molar-refractivity contribution in [2.75, 3.05) is 13.2 Å². The molecule has 3 heterocycles. The van der Waals surface area contributed by atoms with Crippen LogP contribution in [0.25, 0.3) is 22.3 Å². The second-order valence-electron chi connectivity index (χ2n) is 7.79. The van der Waals surface area contributed by atoms with Gasteiger partial charge in [-0.1, -0.05) is 60.7 Å². The van der Waals surface area contributed by atoms with E-state index in [1.807, 2.05) is 59.3 Å². The van der Waals surface area contributed by atoms with Gasteiger partial charge in [0.15, 0.2) is 5.65 Å². The molecule has 1 aliphatic rings. The SMILES string of the molecule is O=C(NC[C@H]1CCCO1)c1cc(-c2ccccc2)nc2c1cnn2Cc1ccccc1. The minimum atomic E-state index is -0.126. The fourth-order valence-corrected chi connectivity index (χ4v) is 3.97. The van der Waals surface area contributed by atoms with Crippen molar-refractivity contribution >= 4 is 16.9 Å². The molecule has 4 aromatic rings. The average Bonchev–Trinajstić information content (AvgIpc) is 3.48. The van der Waals surface area contributed by atoms with Crippen LogP contribution in [0.4, 0.5) is 0 Å². The minimum Gasteiger partial charge on any atom is -0.376 e. The van der Waals surface area contributed by atoms with E-state index < -0.39 is 0 Å². The minimum absolute atomic E-state index is 0.0932. The van der Waals surface area contributed by atoms with Crippen LogP contribution in [-0.2, 0) is 11.3 Å². The number of ether oxygens (including phenoxy) is 1. The predicted molar refractivity (Wildman–Crippen MR) is 120 cm³/mol. The lowest BCUT2D eigenvalue weighted by Crippen LogP contribution is -2.31. The van der Waals surface area contributed by atoms with Crippen molar-refractivity contribution in [2.45, 2.75) is 25.5 Å². The molecule has 1 amide bonds. The molecule has 6 nitrogen and oxygen atoms in total. The Balaban J connectivity index is 1.53. The summed E-state index contributed by atoms with van der Waals surface area (Å²) in [7, 11) is 0. The highest BCUT2D eigenvalue weighted by atomic mass is 16.5. The topological polar surface area (TPSA) is 69.0 Å². The number of nitrogens with zero attached hydrogens (tertiary/aromatic N) is 3. The number of rotatable bonds is 6. The van der Waals surface area contributed by atoms with Gasteiger partial charge in [-0.05, 0) is 24.5 Å². The quantitative estimate of drug-likeness (QED) is 0.519. The third-order valence-electron chi connectivity index (χ3n) is 5.61. The number of nitrogens with one attached hydrogen (secondary N) is 1. The van der Waals surface area contributed by atoms with Crippen molar-refractivity contribution in [3.05, 3.63) is 84.1 Å². The van der Waals surface area contributed by atoms with Crippen LogP contribution in [0, 0.1) is 0 Å². The number of fused-ring (bicyclic) bond motifs is 1. The van der Waals surface area contributed by atoms with E-state index in [1.54, 1.807) is 6.20 Å². The van der Waals surface area contributed by atoms with Crippen LogP contribution in [0.1, 0.15) is 28.8 Å². The lowest BCUT2D eigenvalue weighted by atomic mass is 10.1. The molecule has 6 heteroatoms. The molecule has 0 radical (unpaired) electrons. The number of benzene rings is 2. The van der Waals surface area contributed by atoms with Crippen molar-refractivity contribution < 1.29 is 9.53 Å². The molecule has 31 heavy (non-hydrogen) atoms. The molecular weight excluding hydrogens is 388 g/mol. The van der Waals surface area contributed by atoms with Gasteiger partial charge in [0.25, 0.3) is 5.91 Å². The molecule has 2 aromatic carbocycles. The second kappa shape index (κ2) is 8.70. The lowest BCUT2D eigenvalue weighted by Gasteiger charge is -2.12. The first-order valence-corrected chi connectivity index (χ1v) is 10.6. The summed E-state index contributed by atoms with van der Waals surface area (Å²) in [5.41, 5.74) is 4.13. The van der Waals surface area contributed by atoms with Gasteiger partial charge in [-0.2, -0.15) is 5.10 Å². The Labute approximate surface area is 180 Å². The number of carbonyl (C=O) groups is 1. The summed E-state index contributed by atoms with van der Waals surface area (Å²) in [5, 5.41) is 8.35. The first-order valence-electron chi connectivity index (χ1n) is 10.6. The molecule has 0 bridgehead atoms. The van der Waals surface area contributed by atoms with E-state index in [-0.39, 0.29) is 12.0 Å². The van der Waals surface area contributed by atoms with Crippen LogP contribution in [-0.4, -0.2) is 39.9 Å². The molecule has 2 aromatic heterocycles. The molecule has 5 rings (SSSR count). The molecule has 1 N–H and O–H groups in total. The number of hydrogen-bond acceptors (Lipinski definition) is 4. The maximum absolute atomic E-state index is 13.1. The molecule has 0 saturated carbocycles. The highest BCUT2D eigenvalue weighted by Crippen LogP contribution is 2.25. The first-order chi connectivity index (χ1) is 15.3. The fraction of sp³-hybridized carbons (Fsp3) is 0.240. The van der Waals surface area contributed by atoms with E-state index in [0.29, 0.717) is 24.3 Å². The van der Waals surface area contributed by atoms with Crippen molar-refractivity contribution in [1.82, 2.24) is 20.1 Å². The number of hydrogen-bond donors (Lipinski definition) is 1. The second-order valence-corrected chi connectivity index (χ2v) is 7.79. The van der Waals surface area contributed by atoms with Gasteiger partial charge in [0.1, 0.15) is 0 Å². The Hall–Kier alpha value is -3.51. The standard InChI is InChI=1S/C25H24N4O2/c30-25(26-15-20-12-7-13-31-20)21-14-23(19-10-5-2-6-11-19)28-24-22(21)16-27-29(24)17-18-8-3-1-4-9-18/h1-6,8-11,14,16,20H,7,12-13,15,17H2,(H,26,30)/t20-/m1/s1. The highest BCUT2D eigenvalue weighted by Gasteiger charge is 2.20. The zero-order valence-corrected chi connectivity index (χ0v) is 17.2. The van der Waals surface area contributed by atoms with Crippen molar-refractivity contribution in [1.29, 1.82) is 0 Å². The van der Waals surface area contributed by atoms with Crippen LogP contribution in [0.15, 0.2) is 72.9 Å². The Bertz CT molecular complexity index is 1180. The maximum atomic E-state index is 13.1. The molecule has 0 aliphatic carbocycles.